The Kier molecular flexibility index (Phi) is 3.10. The summed E-state index contributed by atoms with van der Waals surface area (Å²) in [6.07, 6.45) is 3.38. The van der Waals surface area contributed by atoms with Crippen LogP contribution in [-0.4, -0.2) is 46.5 Å². The van der Waals surface area contributed by atoms with Crippen LogP contribution in [-0.2, 0) is 4.79 Å². The van der Waals surface area contributed by atoms with Crippen molar-refractivity contribution in [3.05, 3.63) is 24.0 Å². The molecule has 3 rings (SSSR count). The number of hydrogen-bond donors (Lipinski definition) is 1. The van der Waals surface area contributed by atoms with Crippen LogP contribution in [0.1, 0.15) is 18.5 Å². The molecule has 5 nitrogen and oxygen atoms in total. The zero-order valence-corrected chi connectivity index (χ0v) is 11.4. The highest BCUT2D eigenvalue weighted by Gasteiger charge is 2.35. The first-order valence-electron chi connectivity index (χ1n) is 6.45. The van der Waals surface area contributed by atoms with Crippen molar-refractivity contribution < 1.29 is 4.79 Å². The van der Waals surface area contributed by atoms with Gasteiger partial charge >= 0.3 is 0 Å². The van der Waals surface area contributed by atoms with Crippen LogP contribution >= 0.6 is 12.2 Å². The summed E-state index contributed by atoms with van der Waals surface area (Å²) >= 11 is 4.96. The lowest BCUT2D eigenvalue weighted by Crippen LogP contribution is -2.51. The van der Waals surface area contributed by atoms with Gasteiger partial charge in [0.1, 0.15) is 4.99 Å². The molecule has 1 aromatic heterocycles. The van der Waals surface area contributed by atoms with E-state index < -0.39 is 0 Å². The van der Waals surface area contributed by atoms with E-state index >= 15 is 0 Å². The van der Waals surface area contributed by atoms with Crippen molar-refractivity contribution in [3.8, 4) is 0 Å². The third kappa shape index (κ3) is 2.28. The number of pyridine rings is 1. The number of fused-ring (bicyclic) bond motifs is 1. The van der Waals surface area contributed by atoms with Gasteiger partial charge in [-0.2, -0.15) is 0 Å². The molecule has 19 heavy (non-hydrogen) atoms. The lowest BCUT2D eigenvalue weighted by molar-refractivity contribution is -0.129. The molecular formula is C13H16N4OS. The Morgan fingerprint density at radius 1 is 1.47 bits per heavy atom. The molecule has 100 valence electrons. The number of aromatic nitrogens is 1. The van der Waals surface area contributed by atoms with Gasteiger partial charge in [-0.1, -0.05) is 12.2 Å². The quantitative estimate of drug-likeness (QED) is 0.798. The van der Waals surface area contributed by atoms with Gasteiger partial charge in [0.25, 0.3) is 0 Å². The van der Waals surface area contributed by atoms with Crippen LogP contribution in [0, 0.1) is 0 Å². The molecule has 0 saturated carbocycles. The fourth-order valence-electron chi connectivity index (χ4n) is 2.85. The zero-order chi connectivity index (χ0) is 13.4. The minimum atomic E-state index is 0.295. The van der Waals surface area contributed by atoms with E-state index in [4.69, 9.17) is 18.0 Å². The van der Waals surface area contributed by atoms with E-state index in [-0.39, 0.29) is 0 Å². The van der Waals surface area contributed by atoms with Crippen molar-refractivity contribution in [2.24, 2.45) is 5.73 Å². The van der Waals surface area contributed by atoms with Gasteiger partial charge in [0, 0.05) is 44.0 Å². The molecule has 2 fully saturated rings. The van der Waals surface area contributed by atoms with E-state index in [1.165, 1.54) is 0 Å². The number of thiocarbonyl (C=S) groups is 1. The number of nitrogens with zero attached hydrogens (tertiary/aromatic N) is 3. The molecule has 1 aromatic rings. The van der Waals surface area contributed by atoms with Crippen molar-refractivity contribution in [1.82, 2.24) is 9.88 Å². The third-order valence-corrected chi connectivity index (χ3v) is 4.06. The maximum Gasteiger partial charge on any atom is 0.223 e. The van der Waals surface area contributed by atoms with E-state index in [9.17, 15) is 4.79 Å². The van der Waals surface area contributed by atoms with Crippen LogP contribution in [0.15, 0.2) is 18.3 Å². The van der Waals surface area contributed by atoms with Crippen LogP contribution in [0.4, 0.5) is 5.69 Å². The highest BCUT2D eigenvalue weighted by Crippen LogP contribution is 2.26. The number of hydrogen-bond acceptors (Lipinski definition) is 4. The molecule has 2 N–H and O–H groups in total. The summed E-state index contributed by atoms with van der Waals surface area (Å²) in [5.41, 5.74) is 7.34. The molecule has 0 aliphatic carbocycles. The maximum absolute atomic E-state index is 11.7. The van der Waals surface area contributed by atoms with E-state index in [0.717, 1.165) is 31.7 Å². The number of anilines is 1. The highest BCUT2D eigenvalue weighted by molar-refractivity contribution is 7.80. The SMILES string of the molecule is NC(=S)c1cc(N2CCN3C(=O)CCC3C2)ccn1. The van der Waals surface area contributed by atoms with Crippen molar-refractivity contribution in [3.63, 3.8) is 0 Å². The first-order valence-corrected chi connectivity index (χ1v) is 6.86. The summed E-state index contributed by atoms with van der Waals surface area (Å²) in [5.74, 6) is 0.295. The molecule has 2 aliphatic heterocycles. The van der Waals surface area contributed by atoms with Gasteiger partial charge in [0.2, 0.25) is 5.91 Å². The van der Waals surface area contributed by atoms with Crippen LogP contribution in [0.25, 0.3) is 0 Å². The summed E-state index contributed by atoms with van der Waals surface area (Å²) < 4.78 is 0. The van der Waals surface area contributed by atoms with Gasteiger partial charge < -0.3 is 15.5 Å². The number of nitrogens with two attached hydrogens (primary N) is 1. The number of carbonyl (C=O) groups is 1. The van der Waals surface area contributed by atoms with Gasteiger partial charge in [-0.25, -0.2) is 0 Å². The molecule has 2 aliphatic rings. The second kappa shape index (κ2) is 4.77. The average Bonchev–Trinajstić information content (AvgIpc) is 2.80. The minimum absolute atomic E-state index is 0.295. The summed E-state index contributed by atoms with van der Waals surface area (Å²) in [6.45, 7) is 2.53. The predicted molar refractivity (Wildman–Crippen MR) is 77.1 cm³/mol. The van der Waals surface area contributed by atoms with Crippen molar-refractivity contribution in [2.75, 3.05) is 24.5 Å². The predicted octanol–water partition coefficient (Wildman–Crippen LogP) is 0.527. The first-order chi connectivity index (χ1) is 9.15. The van der Waals surface area contributed by atoms with Crippen LogP contribution in [0.5, 0.6) is 0 Å². The Hall–Kier alpha value is -1.69. The molecule has 1 unspecified atom stereocenters. The highest BCUT2D eigenvalue weighted by atomic mass is 32.1. The standard InChI is InChI=1S/C13H16N4OS/c14-13(19)11-7-9(3-4-15-11)16-5-6-17-10(8-16)1-2-12(17)18/h3-4,7,10H,1-2,5-6,8H2,(H2,14,19). The Morgan fingerprint density at radius 3 is 3.11 bits per heavy atom. The first kappa shape index (κ1) is 12.3. The van der Waals surface area contributed by atoms with Gasteiger partial charge in [-0.05, 0) is 18.6 Å². The lowest BCUT2D eigenvalue weighted by Gasteiger charge is -2.38. The Labute approximate surface area is 117 Å². The maximum atomic E-state index is 11.7. The van der Waals surface area contributed by atoms with E-state index in [2.05, 4.69) is 9.88 Å². The molecule has 0 aromatic carbocycles. The number of piperazine rings is 1. The van der Waals surface area contributed by atoms with E-state index in [0.29, 0.717) is 29.1 Å². The van der Waals surface area contributed by atoms with Gasteiger partial charge in [-0.3, -0.25) is 9.78 Å². The normalized spacial score (nSPS) is 22.5. The third-order valence-electron chi connectivity index (χ3n) is 3.86. The largest absolute Gasteiger partial charge is 0.388 e. The van der Waals surface area contributed by atoms with Crippen LogP contribution in [0.3, 0.4) is 0 Å². The monoisotopic (exact) mass is 276 g/mol. The van der Waals surface area contributed by atoms with E-state index in [1.54, 1.807) is 6.20 Å². The van der Waals surface area contributed by atoms with Gasteiger partial charge in [-0.15, -0.1) is 0 Å². The van der Waals surface area contributed by atoms with Gasteiger partial charge in [0.15, 0.2) is 0 Å². The molecule has 1 amide bonds. The molecule has 2 saturated heterocycles. The Morgan fingerprint density at radius 2 is 2.32 bits per heavy atom. The molecule has 0 radical (unpaired) electrons. The summed E-state index contributed by atoms with van der Waals surface area (Å²) in [5, 5.41) is 0. The van der Waals surface area contributed by atoms with Crippen LogP contribution in [0.2, 0.25) is 0 Å². The molecule has 1 atom stereocenters. The number of carbonyl (C=O) groups excluding carboxylic acids is 1. The Balaban J connectivity index is 1.78. The smallest absolute Gasteiger partial charge is 0.223 e. The van der Waals surface area contributed by atoms with E-state index in [1.807, 2.05) is 17.0 Å². The molecule has 3 heterocycles. The van der Waals surface area contributed by atoms with Crippen LogP contribution < -0.4 is 10.6 Å². The number of rotatable bonds is 2. The Bertz CT molecular complexity index is 533. The number of amides is 1. The molecule has 0 bridgehead atoms. The summed E-state index contributed by atoms with van der Waals surface area (Å²) in [6, 6.07) is 4.24. The zero-order valence-electron chi connectivity index (χ0n) is 10.6. The van der Waals surface area contributed by atoms with Gasteiger partial charge in [0.05, 0.1) is 5.69 Å². The second-order valence-electron chi connectivity index (χ2n) is 4.99. The summed E-state index contributed by atoms with van der Waals surface area (Å²) in [7, 11) is 0. The fourth-order valence-corrected chi connectivity index (χ4v) is 2.96. The molecular weight excluding hydrogens is 260 g/mol. The fraction of sp³-hybridized carbons (Fsp3) is 0.462. The minimum Gasteiger partial charge on any atom is -0.388 e. The lowest BCUT2D eigenvalue weighted by atomic mass is 10.1. The van der Waals surface area contributed by atoms with Crippen molar-refractivity contribution in [2.45, 2.75) is 18.9 Å². The topological polar surface area (TPSA) is 62.5 Å². The molecule has 6 heteroatoms. The molecule has 0 spiro atoms. The summed E-state index contributed by atoms with van der Waals surface area (Å²) in [4.78, 5) is 20.4. The second-order valence-corrected chi connectivity index (χ2v) is 5.43. The average molecular weight is 276 g/mol. The van der Waals surface area contributed by atoms with Crippen molar-refractivity contribution >= 4 is 28.8 Å². The van der Waals surface area contributed by atoms with Crippen molar-refractivity contribution in [1.29, 1.82) is 0 Å².